The Morgan fingerprint density at radius 1 is 1.25 bits per heavy atom. The first kappa shape index (κ1) is 14.7. The minimum absolute atomic E-state index is 0.822. The smallest absolute Gasteiger partial charge is 0.122 e. The topological polar surface area (TPSA) is 46.0 Å². The molecule has 0 unspecified atom stereocenters. The maximum absolute atomic E-state index is 4.67. The zero-order valence-electron chi connectivity index (χ0n) is 12.5. The quantitative estimate of drug-likeness (QED) is 0.831. The summed E-state index contributed by atoms with van der Waals surface area (Å²) in [4.78, 5) is 11.2. The second kappa shape index (κ2) is 7.17. The van der Waals surface area contributed by atoms with Crippen LogP contribution in [-0.4, -0.2) is 33.0 Å². The van der Waals surface area contributed by atoms with Crippen LogP contribution in [0.4, 0.5) is 0 Å². The molecule has 0 aliphatic rings. The molecular formula is C15H23N5. The van der Waals surface area contributed by atoms with E-state index in [0.717, 1.165) is 43.4 Å². The first-order valence-corrected chi connectivity index (χ1v) is 6.99. The number of nitrogens with zero attached hydrogens (tertiary/aromatic N) is 4. The Labute approximate surface area is 120 Å². The van der Waals surface area contributed by atoms with Crippen molar-refractivity contribution >= 4 is 0 Å². The van der Waals surface area contributed by atoms with Crippen LogP contribution in [0, 0.1) is 0 Å². The molecule has 0 saturated carbocycles. The summed E-state index contributed by atoms with van der Waals surface area (Å²) in [6.45, 7) is 5.54. The Morgan fingerprint density at radius 2 is 2.05 bits per heavy atom. The van der Waals surface area contributed by atoms with Gasteiger partial charge in [-0.05, 0) is 25.7 Å². The minimum atomic E-state index is 0.822. The zero-order chi connectivity index (χ0) is 14.4. The number of rotatable bonds is 7. The minimum Gasteiger partial charge on any atom is -0.337 e. The third-order valence-corrected chi connectivity index (χ3v) is 3.18. The predicted octanol–water partition coefficient (Wildman–Crippen LogP) is 1.56. The molecule has 0 aliphatic heterocycles. The van der Waals surface area contributed by atoms with Crippen LogP contribution in [0.25, 0.3) is 0 Å². The van der Waals surface area contributed by atoms with Gasteiger partial charge in [-0.1, -0.05) is 13.0 Å². The molecule has 0 spiro atoms. The van der Waals surface area contributed by atoms with Crippen molar-refractivity contribution in [3.8, 4) is 0 Å². The third kappa shape index (κ3) is 4.15. The summed E-state index contributed by atoms with van der Waals surface area (Å²) in [6.07, 6.45) is 3.80. The van der Waals surface area contributed by atoms with Crippen LogP contribution in [0.15, 0.2) is 30.6 Å². The molecule has 0 atom stereocenters. The van der Waals surface area contributed by atoms with Gasteiger partial charge in [-0.15, -0.1) is 0 Å². The van der Waals surface area contributed by atoms with E-state index in [-0.39, 0.29) is 0 Å². The van der Waals surface area contributed by atoms with Crippen LogP contribution in [-0.2, 0) is 26.7 Å². The third-order valence-electron chi connectivity index (χ3n) is 3.18. The molecule has 2 rings (SSSR count). The second-order valence-electron chi connectivity index (χ2n) is 5.03. The number of hydrogen-bond donors (Lipinski definition) is 1. The van der Waals surface area contributed by atoms with E-state index < -0.39 is 0 Å². The Balaban J connectivity index is 1.93. The van der Waals surface area contributed by atoms with Crippen molar-refractivity contribution in [3.05, 3.63) is 47.8 Å². The molecule has 108 valence electrons. The first-order chi connectivity index (χ1) is 9.69. The van der Waals surface area contributed by atoms with Crippen LogP contribution >= 0.6 is 0 Å². The van der Waals surface area contributed by atoms with E-state index in [1.165, 1.54) is 0 Å². The monoisotopic (exact) mass is 273 g/mol. The number of aromatic nitrogens is 3. The molecule has 20 heavy (non-hydrogen) atoms. The molecule has 2 aromatic rings. The lowest BCUT2D eigenvalue weighted by Crippen LogP contribution is -2.21. The lowest BCUT2D eigenvalue weighted by Gasteiger charge is -2.16. The van der Waals surface area contributed by atoms with Gasteiger partial charge in [0.25, 0.3) is 0 Å². The van der Waals surface area contributed by atoms with Crippen molar-refractivity contribution in [2.24, 2.45) is 7.05 Å². The Bertz CT molecular complexity index is 535. The first-order valence-electron chi connectivity index (χ1n) is 6.99. The van der Waals surface area contributed by atoms with Gasteiger partial charge in [-0.25, -0.2) is 4.98 Å². The molecule has 0 amide bonds. The van der Waals surface area contributed by atoms with E-state index >= 15 is 0 Å². The molecular weight excluding hydrogens is 250 g/mol. The fourth-order valence-corrected chi connectivity index (χ4v) is 2.09. The molecule has 0 fully saturated rings. The van der Waals surface area contributed by atoms with Crippen LogP contribution < -0.4 is 5.32 Å². The normalized spacial score (nSPS) is 11.2. The standard InChI is InChI=1S/C15H23N5/c1-4-16-10-13-6-5-7-14(18-13)11-19(2)12-15-17-8-9-20(15)3/h5-9,16H,4,10-12H2,1-3H3. The van der Waals surface area contributed by atoms with Gasteiger partial charge in [0, 0.05) is 32.5 Å². The molecule has 0 radical (unpaired) electrons. The SMILES string of the molecule is CCNCc1cccc(CN(C)Cc2nccn2C)n1. The summed E-state index contributed by atoms with van der Waals surface area (Å²) < 4.78 is 2.05. The van der Waals surface area contributed by atoms with E-state index in [9.17, 15) is 0 Å². The molecule has 2 aromatic heterocycles. The van der Waals surface area contributed by atoms with Gasteiger partial charge in [-0.3, -0.25) is 9.88 Å². The highest BCUT2D eigenvalue weighted by atomic mass is 15.2. The van der Waals surface area contributed by atoms with E-state index in [4.69, 9.17) is 0 Å². The zero-order valence-corrected chi connectivity index (χ0v) is 12.5. The Hall–Kier alpha value is -1.72. The average molecular weight is 273 g/mol. The highest BCUT2D eigenvalue weighted by Gasteiger charge is 2.06. The Kier molecular flexibility index (Phi) is 5.26. The van der Waals surface area contributed by atoms with Crippen LogP contribution in [0.5, 0.6) is 0 Å². The van der Waals surface area contributed by atoms with Gasteiger partial charge in [-0.2, -0.15) is 0 Å². The molecule has 5 nitrogen and oxygen atoms in total. The summed E-state index contributed by atoms with van der Waals surface area (Å²) in [5.41, 5.74) is 2.19. The summed E-state index contributed by atoms with van der Waals surface area (Å²) in [7, 11) is 4.11. The molecule has 2 heterocycles. The molecule has 0 saturated heterocycles. The maximum atomic E-state index is 4.67. The summed E-state index contributed by atoms with van der Waals surface area (Å²) >= 11 is 0. The largest absolute Gasteiger partial charge is 0.337 e. The number of hydrogen-bond acceptors (Lipinski definition) is 4. The molecule has 0 bridgehead atoms. The maximum Gasteiger partial charge on any atom is 0.122 e. The molecule has 0 aliphatic carbocycles. The summed E-state index contributed by atoms with van der Waals surface area (Å²) in [6, 6.07) is 6.21. The second-order valence-corrected chi connectivity index (χ2v) is 5.03. The van der Waals surface area contributed by atoms with Crippen molar-refractivity contribution in [1.29, 1.82) is 0 Å². The van der Waals surface area contributed by atoms with Gasteiger partial charge in [0.05, 0.1) is 17.9 Å². The van der Waals surface area contributed by atoms with Crippen LogP contribution in [0.1, 0.15) is 24.1 Å². The van der Waals surface area contributed by atoms with Crippen molar-refractivity contribution in [3.63, 3.8) is 0 Å². The lowest BCUT2D eigenvalue weighted by molar-refractivity contribution is 0.303. The van der Waals surface area contributed by atoms with Crippen LogP contribution in [0.3, 0.4) is 0 Å². The van der Waals surface area contributed by atoms with Gasteiger partial charge in [0.1, 0.15) is 5.82 Å². The molecule has 0 aromatic carbocycles. The number of nitrogens with one attached hydrogen (secondary N) is 1. The van der Waals surface area contributed by atoms with Gasteiger partial charge < -0.3 is 9.88 Å². The van der Waals surface area contributed by atoms with Crippen molar-refractivity contribution in [1.82, 2.24) is 24.8 Å². The Morgan fingerprint density at radius 3 is 2.75 bits per heavy atom. The van der Waals surface area contributed by atoms with E-state index in [1.54, 1.807) is 0 Å². The number of imidazole rings is 1. The molecule has 1 N–H and O–H groups in total. The van der Waals surface area contributed by atoms with E-state index in [1.807, 2.05) is 24.0 Å². The fourth-order valence-electron chi connectivity index (χ4n) is 2.09. The van der Waals surface area contributed by atoms with Crippen molar-refractivity contribution < 1.29 is 0 Å². The van der Waals surface area contributed by atoms with Gasteiger partial charge in [0.2, 0.25) is 0 Å². The average Bonchev–Trinajstić information content (AvgIpc) is 2.82. The number of aryl methyl sites for hydroxylation is 1. The fraction of sp³-hybridized carbons (Fsp3) is 0.467. The van der Waals surface area contributed by atoms with E-state index in [2.05, 4.69) is 52.4 Å². The van der Waals surface area contributed by atoms with Gasteiger partial charge in [0.15, 0.2) is 0 Å². The van der Waals surface area contributed by atoms with E-state index in [0.29, 0.717) is 0 Å². The predicted molar refractivity (Wildman–Crippen MR) is 80.0 cm³/mol. The highest BCUT2D eigenvalue weighted by Crippen LogP contribution is 2.06. The van der Waals surface area contributed by atoms with Crippen LogP contribution in [0.2, 0.25) is 0 Å². The highest BCUT2D eigenvalue weighted by molar-refractivity contribution is 5.11. The summed E-state index contributed by atoms with van der Waals surface area (Å²) in [5, 5.41) is 3.30. The lowest BCUT2D eigenvalue weighted by atomic mass is 10.3. The molecule has 5 heteroatoms. The summed E-state index contributed by atoms with van der Waals surface area (Å²) in [5.74, 6) is 1.07. The van der Waals surface area contributed by atoms with Crippen molar-refractivity contribution in [2.45, 2.75) is 26.6 Å². The number of pyridine rings is 1. The van der Waals surface area contributed by atoms with Crippen molar-refractivity contribution in [2.75, 3.05) is 13.6 Å². The van der Waals surface area contributed by atoms with Gasteiger partial charge >= 0.3 is 0 Å².